The van der Waals surface area contributed by atoms with Crippen molar-refractivity contribution in [3.63, 3.8) is 0 Å². The number of halogens is 4. The Morgan fingerprint density at radius 3 is 2.57 bits per heavy atom. The standard InChI is InChI=1S/C29H28F4N6O4S/c1-29(33)13-18(14-34-16-29)37-28-36-11-9-22(38-28)20-4-3-10-35-27(20)43-23-12-21(30)26(25(32)24(23)31)39-44(40,41)15-17-5-7-19(42-2)8-6-17/h3-12,18,34,39H,13-16H2,1-2H3,(H,36,37,38)/t18?,29-/m0/s1. The molecule has 1 fully saturated rings. The molecule has 0 aliphatic carbocycles. The van der Waals surface area contributed by atoms with Crippen molar-refractivity contribution in [1.82, 2.24) is 20.3 Å². The number of benzene rings is 2. The number of nitrogens with zero attached hydrogens (tertiary/aromatic N) is 3. The molecule has 232 valence electrons. The van der Waals surface area contributed by atoms with Gasteiger partial charge in [-0.15, -0.1) is 0 Å². The van der Waals surface area contributed by atoms with E-state index in [1.54, 1.807) is 16.9 Å². The lowest BCUT2D eigenvalue weighted by Crippen LogP contribution is -2.50. The number of sulfonamides is 1. The van der Waals surface area contributed by atoms with Gasteiger partial charge in [-0.2, -0.15) is 4.39 Å². The molecular formula is C29H28F4N6O4S. The van der Waals surface area contributed by atoms with Gasteiger partial charge in [-0.1, -0.05) is 12.1 Å². The molecule has 0 spiro atoms. The van der Waals surface area contributed by atoms with Crippen LogP contribution >= 0.6 is 0 Å². The molecule has 3 heterocycles. The van der Waals surface area contributed by atoms with E-state index in [4.69, 9.17) is 9.47 Å². The lowest BCUT2D eigenvalue weighted by molar-refractivity contribution is 0.137. The Morgan fingerprint density at radius 1 is 1.07 bits per heavy atom. The smallest absolute Gasteiger partial charge is 0.237 e. The molecule has 1 aliphatic rings. The minimum absolute atomic E-state index is 0.191. The molecule has 1 aliphatic heterocycles. The van der Waals surface area contributed by atoms with E-state index >= 15 is 13.2 Å². The number of ether oxygens (including phenoxy) is 2. The van der Waals surface area contributed by atoms with Gasteiger partial charge in [0.05, 0.1) is 24.1 Å². The van der Waals surface area contributed by atoms with E-state index in [0.717, 1.165) is 0 Å². The van der Waals surface area contributed by atoms with Crippen molar-refractivity contribution in [2.75, 3.05) is 30.2 Å². The van der Waals surface area contributed by atoms with Crippen molar-refractivity contribution in [3.05, 3.63) is 83.9 Å². The average molecular weight is 633 g/mol. The minimum Gasteiger partial charge on any atom is -0.497 e. The Kier molecular flexibility index (Phi) is 8.87. The van der Waals surface area contributed by atoms with E-state index in [1.165, 1.54) is 56.8 Å². The fourth-order valence-electron chi connectivity index (χ4n) is 4.67. The summed E-state index contributed by atoms with van der Waals surface area (Å²) in [5.41, 5.74) is -1.78. The molecule has 0 saturated carbocycles. The van der Waals surface area contributed by atoms with Crippen molar-refractivity contribution >= 4 is 21.7 Å². The van der Waals surface area contributed by atoms with Crippen LogP contribution in [0.5, 0.6) is 17.4 Å². The van der Waals surface area contributed by atoms with Gasteiger partial charge in [-0.05, 0) is 42.8 Å². The highest BCUT2D eigenvalue weighted by Crippen LogP contribution is 2.36. The number of hydrogen-bond acceptors (Lipinski definition) is 9. The maximum atomic E-state index is 15.1. The first-order valence-corrected chi connectivity index (χ1v) is 15.0. The minimum atomic E-state index is -4.34. The van der Waals surface area contributed by atoms with Crippen molar-refractivity contribution in [3.8, 4) is 28.6 Å². The highest BCUT2D eigenvalue weighted by Gasteiger charge is 2.32. The van der Waals surface area contributed by atoms with E-state index in [-0.39, 0.29) is 42.1 Å². The van der Waals surface area contributed by atoms with Crippen LogP contribution in [-0.2, 0) is 15.8 Å². The molecule has 15 heteroatoms. The maximum Gasteiger partial charge on any atom is 0.237 e. The summed E-state index contributed by atoms with van der Waals surface area (Å²) in [5, 5.41) is 6.09. The largest absolute Gasteiger partial charge is 0.497 e. The topological polar surface area (TPSA) is 127 Å². The summed E-state index contributed by atoms with van der Waals surface area (Å²) in [6.45, 7) is 2.23. The van der Waals surface area contributed by atoms with Crippen molar-refractivity contribution in [2.45, 2.75) is 30.8 Å². The third-order valence-electron chi connectivity index (χ3n) is 6.70. The monoisotopic (exact) mass is 632 g/mol. The first kappa shape index (κ1) is 30.9. The van der Waals surface area contributed by atoms with Crippen molar-refractivity contribution in [2.24, 2.45) is 0 Å². The molecular weight excluding hydrogens is 604 g/mol. The summed E-state index contributed by atoms with van der Waals surface area (Å²) in [6.07, 6.45) is 3.00. The summed E-state index contributed by atoms with van der Waals surface area (Å²) in [7, 11) is -2.90. The number of aromatic nitrogens is 3. The zero-order chi connectivity index (χ0) is 31.5. The van der Waals surface area contributed by atoms with E-state index in [2.05, 4.69) is 25.6 Å². The predicted octanol–water partition coefficient (Wildman–Crippen LogP) is 5.20. The molecule has 0 amide bonds. The predicted molar refractivity (Wildman–Crippen MR) is 155 cm³/mol. The molecule has 0 radical (unpaired) electrons. The van der Waals surface area contributed by atoms with Crippen LogP contribution in [0.15, 0.2) is 60.9 Å². The summed E-state index contributed by atoms with van der Waals surface area (Å²) >= 11 is 0. The SMILES string of the molecule is COc1ccc(CS(=O)(=O)Nc2c(F)cc(Oc3ncccc3-c3ccnc(NC4CNC[C@@](C)(F)C4)n3)c(F)c2F)cc1. The number of methoxy groups -OCH3 is 1. The highest BCUT2D eigenvalue weighted by atomic mass is 32.2. The molecule has 2 atom stereocenters. The number of piperidine rings is 1. The number of alkyl halides is 1. The van der Waals surface area contributed by atoms with Crippen LogP contribution in [0.3, 0.4) is 0 Å². The van der Waals surface area contributed by atoms with Crippen molar-refractivity contribution < 1.29 is 35.5 Å². The molecule has 0 bridgehead atoms. The van der Waals surface area contributed by atoms with Gasteiger partial charge in [0.1, 0.15) is 17.1 Å². The highest BCUT2D eigenvalue weighted by molar-refractivity contribution is 7.91. The van der Waals surface area contributed by atoms with E-state index in [1.807, 2.05) is 0 Å². The fraction of sp³-hybridized carbons (Fsp3) is 0.276. The second kappa shape index (κ2) is 12.6. The fourth-order valence-corrected chi connectivity index (χ4v) is 5.87. The Morgan fingerprint density at radius 2 is 1.84 bits per heavy atom. The third-order valence-corrected chi connectivity index (χ3v) is 7.93. The number of pyridine rings is 1. The Bertz CT molecular complexity index is 1760. The van der Waals surface area contributed by atoms with Gasteiger partial charge in [0.2, 0.25) is 27.7 Å². The van der Waals surface area contributed by atoms with E-state index < -0.39 is 50.3 Å². The number of anilines is 2. The number of nitrogens with one attached hydrogen (secondary N) is 3. The third kappa shape index (κ3) is 7.34. The van der Waals surface area contributed by atoms with Gasteiger partial charge in [0.25, 0.3) is 0 Å². The lowest BCUT2D eigenvalue weighted by Gasteiger charge is -2.33. The zero-order valence-corrected chi connectivity index (χ0v) is 24.4. The second-order valence-electron chi connectivity index (χ2n) is 10.4. The van der Waals surface area contributed by atoms with Crippen LogP contribution in [0.2, 0.25) is 0 Å². The van der Waals surface area contributed by atoms with Crippen LogP contribution in [0, 0.1) is 17.5 Å². The van der Waals surface area contributed by atoms with Gasteiger partial charge in [0, 0.05) is 44.0 Å². The van der Waals surface area contributed by atoms with Crippen molar-refractivity contribution in [1.29, 1.82) is 0 Å². The Balaban J connectivity index is 1.36. The zero-order valence-electron chi connectivity index (χ0n) is 23.6. The molecule has 2 aromatic heterocycles. The summed E-state index contributed by atoms with van der Waals surface area (Å²) in [6, 6.07) is 10.8. The molecule has 44 heavy (non-hydrogen) atoms. The lowest BCUT2D eigenvalue weighted by atomic mass is 9.95. The van der Waals surface area contributed by atoms with Crippen LogP contribution < -0.4 is 24.8 Å². The molecule has 4 aromatic rings. The van der Waals surface area contributed by atoms with Crippen LogP contribution in [-0.4, -0.2) is 55.3 Å². The quantitative estimate of drug-likeness (QED) is 0.160. The Hall–Kier alpha value is -4.50. The van der Waals surface area contributed by atoms with E-state index in [9.17, 15) is 12.8 Å². The molecule has 5 rings (SSSR count). The van der Waals surface area contributed by atoms with Gasteiger partial charge >= 0.3 is 0 Å². The molecule has 3 N–H and O–H groups in total. The summed E-state index contributed by atoms with van der Waals surface area (Å²) < 4.78 is 97.1. The van der Waals surface area contributed by atoms with Gasteiger partial charge in [-0.3, -0.25) is 4.72 Å². The van der Waals surface area contributed by atoms with Crippen LogP contribution in [0.1, 0.15) is 18.9 Å². The molecule has 1 saturated heterocycles. The average Bonchev–Trinajstić information content (AvgIpc) is 2.98. The van der Waals surface area contributed by atoms with Gasteiger partial charge in [0.15, 0.2) is 17.4 Å². The maximum absolute atomic E-state index is 15.1. The number of rotatable bonds is 10. The Labute approximate surface area is 250 Å². The normalized spacial score (nSPS) is 18.5. The van der Waals surface area contributed by atoms with Crippen LogP contribution in [0.4, 0.5) is 29.2 Å². The van der Waals surface area contributed by atoms with Crippen LogP contribution in [0.25, 0.3) is 11.3 Å². The second-order valence-corrected chi connectivity index (χ2v) is 12.1. The first-order chi connectivity index (χ1) is 20.9. The molecule has 10 nitrogen and oxygen atoms in total. The van der Waals surface area contributed by atoms with Gasteiger partial charge < -0.3 is 20.1 Å². The summed E-state index contributed by atoms with van der Waals surface area (Å²) in [4.78, 5) is 12.7. The molecule has 2 aromatic carbocycles. The summed E-state index contributed by atoms with van der Waals surface area (Å²) in [5.74, 6) is -5.92. The van der Waals surface area contributed by atoms with Gasteiger partial charge in [-0.25, -0.2) is 36.5 Å². The van der Waals surface area contributed by atoms with E-state index in [0.29, 0.717) is 23.9 Å². The molecule has 1 unspecified atom stereocenters. The number of hydrogen-bond donors (Lipinski definition) is 3. The first-order valence-electron chi connectivity index (χ1n) is 13.4.